The number of hydrogen-bond acceptors (Lipinski definition) is 5. The summed E-state index contributed by atoms with van der Waals surface area (Å²) in [4.78, 5) is 10.4. The van der Waals surface area contributed by atoms with Gasteiger partial charge in [0.2, 0.25) is 0 Å². The Morgan fingerprint density at radius 3 is 2.75 bits per heavy atom. The van der Waals surface area contributed by atoms with E-state index in [4.69, 9.17) is 10.5 Å². The van der Waals surface area contributed by atoms with E-state index < -0.39 is 0 Å². The fourth-order valence-corrected chi connectivity index (χ4v) is 2.04. The van der Waals surface area contributed by atoms with E-state index >= 15 is 0 Å². The lowest BCUT2D eigenvalue weighted by Gasteiger charge is -2.27. The van der Waals surface area contributed by atoms with Gasteiger partial charge in [-0.3, -0.25) is 0 Å². The van der Waals surface area contributed by atoms with Crippen molar-refractivity contribution in [2.45, 2.75) is 12.8 Å². The third-order valence-corrected chi connectivity index (χ3v) is 2.94. The molecule has 5 heteroatoms. The predicted molar refractivity (Wildman–Crippen MR) is 63.3 cm³/mol. The van der Waals surface area contributed by atoms with Crippen molar-refractivity contribution in [2.24, 2.45) is 5.92 Å². The summed E-state index contributed by atoms with van der Waals surface area (Å²) in [6, 6.07) is 0. The van der Waals surface area contributed by atoms with Crippen molar-refractivity contribution in [1.82, 2.24) is 9.97 Å². The molecule has 1 saturated heterocycles. The van der Waals surface area contributed by atoms with Crippen LogP contribution in [-0.4, -0.2) is 36.8 Å². The molecule has 5 nitrogen and oxygen atoms in total. The molecule has 0 bridgehead atoms. The van der Waals surface area contributed by atoms with Crippen LogP contribution in [0.25, 0.3) is 0 Å². The molecule has 0 spiro atoms. The van der Waals surface area contributed by atoms with Gasteiger partial charge in [0, 0.05) is 39.2 Å². The molecule has 0 aromatic carbocycles. The number of hydrogen-bond donors (Lipinski definition) is 1. The van der Waals surface area contributed by atoms with E-state index in [9.17, 15) is 0 Å². The van der Waals surface area contributed by atoms with Crippen molar-refractivity contribution in [3.8, 4) is 0 Å². The minimum absolute atomic E-state index is 0.497. The fraction of sp³-hybridized carbons (Fsp3) is 0.636. The van der Waals surface area contributed by atoms with Gasteiger partial charge < -0.3 is 15.4 Å². The Labute approximate surface area is 95.6 Å². The SMILES string of the molecule is CN(CC1CCOCC1)c1nccnc1N. The van der Waals surface area contributed by atoms with Gasteiger partial charge in [-0.05, 0) is 18.8 Å². The predicted octanol–water partition coefficient (Wildman–Crippen LogP) is 0.922. The zero-order valence-electron chi connectivity index (χ0n) is 9.59. The Morgan fingerprint density at radius 1 is 1.38 bits per heavy atom. The highest BCUT2D eigenvalue weighted by Crippen LogP contribution is 2.20. The second kappa shape index (κ2) is 5.12. The fourth-order valence-electron chi connectivity index (χ4n) is 2.04. The molecule has 1 aliphatic rings. The summed E-state index contributed by atoms with van der Waals surface area (Å²) in [5.74, 6) is 1.94. The Bertz CT molecular complexity index is 339. The lowest BCUT2D eigenvalue weighted by Crippen LogP contribution is -2.30. The maximum Gasteiger partial charge on any atom is 0.171 e. The average Bonchev–Trinajstić information content (AvgIpc) is 2.31. The van der Waals surface area contributed by atoms with Gasteiger partial charge in [-0.1, -0.05) is 0 Å². The smallest absolute Gasteiger partial charge is 0.171 e. The van der Waals surface area contributed by atoms with Gasteiger partial charge in [-0.25, -0.2) is 9.97 Å². The monoisotopic (exact) mass is 222 g/mol. The Hall–Kier alpha value is -1.36. The summed E-state index contributed by atoms with van der Waals surface area (Å²) in [7, 11) is 2.01. The molecule has 1 aliphatic heterocycles. The molecule has 0 unspecified atom stereocenters. The summed E-state index contributed by atoms with van der Waals surface area (Å²) in [5.41, 5.74) is 5.79. The van der Waals surface area contributed by atoms with Crippen LogP contribution in [0.1, 0.15) is 12.8 Å². The molecular weight excluding hydrogens is 204 g/mol. The van der Waals surface area contributed by atoms with Gasteiger partial charge in [0.1, 0.15) is 0 Å². The van der Waals surface area contributed by atoms with Crippen LogP contribution < -0.4 is 10.6 Å². The summed E-state index contributed by atoms with van der Waals surface area (Å²) in [6.45, 7) is 2.70. The Balaban J connectivity index is 1.96. The molecular formula is C11H18N4O. The average molecular weight is 222 g/mol. The summed E-state index contributed by atoms with van der Waals surface area (Å²) < 4.78 is 5.34. The van der Waals surface area contributed by atoms with Crippen molar-refractivity contribution in [3.05, 3.63) is 12.4 Å². The molecule has 0 amide bonds. The zero-order chi connectivity index (χ0) is 11.4. The quantitative estimate of drug-likeness (QED) is 0.824. The molecule has 0 radical (unpaired) electrons. The molecule has 1 aromatic heterocycles. The number of anilines is 2. The van der Waals surface area contributed by atoms with Gasteiger partial charge in [0.15, 0.2) is 11.6 Å². The van der Waals surface area contributed by atoms with Crippen LogP contribution in [0.3, 0.4) is 0 Å². The minimum atomic E-state index is 0.497. The number of ether oxygens (including phenoxy) is 1. The van der Waals surface area contributed by atoms with E-state index in [0.29, 0.717) is 11.7 Å². The topological polar surface area (TPSA) is 64.3 Å². The number of aromatic nitrogens is 2. The summed E-state index contributed by atoms with van der Waals surface area (Å²) >= 11 is 0. The van der Waals surface area contributed by atoms with Crippen molar-refractivity contribution in [3.63, 3.8) is 0 Å². The van der Waals surface area contributed by atoms with Gasteiger partial charge in [0.05, 0.1) is 0 Å². The zero-order valence-corrected chi connectivity index (χ0v) is 9.59. The number of rotatable bonds is 3. The van der Waals surface area contributed by atoms with E-state index in [2.05, 4.69) is 14.9 Å². The molecule has 1 fully saturated rings. The molecule has 88 valence electrons. The minimum Gasteiger partial charge on any atom is -0.381 e. The highest BCUT2D eigenvalue weighted by atomic mass is 16.5. The van der Waals surface area contributed by atoms with Crippen molar-refractivity contribution < 1.29 is 4.74 Å². The van der Waals surface area contributed by atoms with E-state index in [-0.39, 0.29) is 0 Å². The first-order valence-corrected chi connectivity index (χ1v) is 5.62. The number of nitrogens with zero attached hydrogens (tertiary/aromatic N) is 3. The Morgan fingerprint density at radius 2 is 2.06 bits per heavy atom. The van der Waals surface area contributed by atoms with Crippen LogP contribution in [0.5, 0.6) is 0 Å². The lowest BCUT2D eigenvalue weighted by atomic mass is 10.00. The molecule has 1 aromatic rings. The van der Waals surface area contributed by atoms with Gasteiger partial charge in [0.25, 0.3) is 0 Å². The van der Waals surface area contributed by atoms with Crippen LogP contribution in [0.15, 0.2) is 12.4 Å². The van der Waals surface area contributed by atoms with Crippen molar-refractivity contribution in [2.75, 3.05) is 37.4 Å². The van der Waals surface area contributed by atoms with Crippen molar-refractivity contribution in [1.29, 1.82) is 0 Å². The molecule has 2 heterocycles. The normalized spacial score (nSPS) is 17.3. The highest BCUT2D eigenvalue weighted by molar-refractivity contribution is 5.56. The first-order valence-electron chi connectivity index (χ1n) is 5.62. The van der Waals surface area contributed by atoms with Crippen LogP contribution in [0.4, 0.5) is 11.6 Å². The first kappa shape index (κ1) is 11.1. The third-order valence-electron chi connectivity index (χ3n) is 2.94. The molecule has 0 aliphatic carbocycles. The summed E-state index contributed by atoms with van der Waals surface area (Å²) in [5, 5.41) is 0. The molecule has 0 saturated carbocycles. The lowest BCUT2D eigenvalue weighted by molar-refractivity contribution is 0.0685. The van der Waals surface area contributed by atoms with E-state index in [1.807, 2.05) is 7.05 Å². The molecule has 16 heavy (non-hydrogen) atoms. The van der Waals surface area contributed by atoms with Crippen LogP contribution in [0, 0.1) is 5.92 Å². The third kappa shape index (κ3) is 2.61. The second-order valence-corrected chi connectivity index (χ2v) is 4.20. The second-order valence-electron chi connectivity index (χ2n) is 4.20. The molecule has 0 atom stereocenters. The van der Waals surface area contributed by atoms with Crippen LogP contribution >= 0.6 is 0 Å². The van der Waals surface area contributed by atoms with E-state index in [0.717, 1.165) is 38.4 Å². The largest absolute Gasteiger partial charge is 0.381 e. The Kier molecular flexibility index (Phi) is 3.56. The first-order chi connectivity index (χ1) is 7.77. The van der Waals surface area contributed by atoms with Gasteiger partial charge in [-0.15, -0.1) is 0 Å². The molecule has 2 rings (SSSR count). The standard InChI is InChI=1S/C11H18N4O/c1-15(8-9-2-6-16-7-3-9)11-10(12)13-4-5-14-11/h4-5,9H,2-3,6-8H2,1H3,(H2,12,13). The maximum absolute atomic E-state index is 5.79. The van der Waals surface area contributed by atoms with Gasteiger partial charge >= 0.3 is 0 Å². The molecule has 2 N–H and O–H groups in total. The number of nitrogen functional groups attached to an aromatic ring is 1. The van der Waals surface area contributed by atoms with Crippen molar-refractivity contribution >= 4 is 11.6 Å². The van der Waals surface area contributed by atoms with E-state index in [1.54, 1.807) is 12.4 Å². The van der Waals surface area contributed by atoms with Crippen LogP contribution in [-0.2, 0) is 4.74 Å². The summed E-state index contributed by atoms with van der Waals surface area (Å²) in [6.07, 6.45) is 5.52. The van der Waals surface area contributed by atoms with E-state index in [1.165, 1.54) is 0 Å². The number of nitrogens with two attached hydrogens (primary N) is 1. The highest BCUT2D eigenvalue weighted by Gasteiger charge is 2.17. The van der Waals surface area contributed by atoms with Crippen LogP contribution in [0.2, 0.25) is 0 Å². The maximum atomic E-state index is 5.79. The van der Waals surface area contributed by atoms with Gasteiger partial charge in [-0.2, -0.15) is 0 Å².